The Morgan fingerprint density at radius 3 is 2.20 bits per heavy atom. The zero-order valence-corrected chi connectivity index (χ0v) is 16.5. The maximum atomic E-state index is 13.2. The van der Waals surface area contributed by atoms with Crippen LogP contribution >= 0.6 is 0 Å². The van der Waals surface area contributed by atoms with Crippen LogP contribution in [0, 0.1) is 0 Å². The predicted octanol–water partition coefficient (Wildman–Crippen LogP) is 3.89. The van der Waals surface area contributed by atoms with E-state index in [4.69, 9.17) is 0 Å². The number of hydrogen-bond acceptors (Lipinski definition) is 4. The lowest BCUT2D eigenvalue weighted by Crippen LogP contribution is -2.28. The van der Waals surface area contributed by atoms with Crippen LogP contribution in [0.2, 0.25) is 0 Å². The number of nitrogens with zero attached hydrogens (tertiary/aromatic N) is 2. The number of aromatic hydroxyl groups is 1. The molecular weight excluding hydrogens is 400 g/mol. The summed E-state index contributed by atoms with van der Waals surface area (Å²) in [6.45, 7) is 0. The molecule has 148 valence electrons. The molecule has 5 rings (SSSR count). The quantitative estimate of drug-likeness (QED) is 0.484. The third kappa shape index (κ3) is 2.71. The lowest BCUT2D eigenvalue weighted by molar-refractivity contribution is 0.443. The molecule has 0 spiro atoms. The molecule has 0 aliphatic rings. The number of hydrogen-bond donors (Lipinski definition) is 1. The van der Waals surface area contributed by atoms with Gasteiger partial charge in [-0.25, -0.2) is 13.2 Å². The third-order valence-corrected chi connectivity index (χ3v) is 6.79. The molecule has 7 heteroatoms. The van der Waals surface area contributed by atoms with Gasteiger partial charge in [-0.3, -0.25) is 4.57 Å². The first-order valence-electron chi connectivity index (χ1n) is 9.23. The molecule has 5 aromatic rings. The fourth-order valence-corrected chi connectivity index (χ4v) is 4.98. The first-order chi connectivity index (χ1) is 14.5. The Balaban J connectivity index is 1.72. The van der Waals surface area contributed by atoms with Crippen molar-refractivity contribution < 1.29 is 13.5 Å². The predicted molar refractivity (Wildman–Crippen MR) is 116 cm³/mol. The summed E-state index contributed by atoms with van der Waals surface area (Å²) in [5, 5.41) is 13.7. The summed E-state index contributed by atoms with van der Waals surface area (Å²) < 4.78 is 28.0. The summed E-state index contributed by atoms with van der Waals surface area (Å²) in [4.78, 5) is 13.0. The monoisotopic (exact) mass is 416 g/mol. The van der Waals surface area contributed by atoms with Gasteiger partial charge in [0.1, 0.15) is 0 Å². The standard InChI is InChI=1S/C23H16N2O4S/c26-22-15-24(21-11-5-9-17-7-3-4-10-20(17)21)23(27)25(22)30(28,29)19-13-12-16-6-1-2-8-18(16)14-19/h1-15,26H. The highest BCUT2D eigenvalue weighted by molar-refractivity contribution is 7.90. The van der Waals surface area contributed by atoms with Crippen LogP contribution in [0.1, 0.15) is 0 Å². The largest absolute Gasteiger partial charge is 0.493 e. The van der Waals surface area contributed by atoms with Gasteiger partial charge < -0.3 is 5.11 Å². The van der Waals surface area contributed by atoms with Crippen LogP contribution in [0.25, 0.3) is 27.2 Å². The molecule has 1 N–H and O–H groups in total. The van der Waals surface area contributed by atoms with E-state index in [2.05, 4.69) is 0 Å². The van der Waals surface area contributed by atoms with Gasteiger partial charge in [0.05, 0.1) is 16.8 Å². The summed E-state index contributed by atoms with van der Waals surface area (Å²) in [6, 6.07) is 24.7. The van der Waals surface area contributed by atoms with Crippen molar-refractivity contribution in [3.05, 3.63) is 102 Å². The van der Waals surface area contributed by atoms with Crippen molar-refractivity contribution in [2.75, 3.05) is 0 Å². The van der Waals surface area contributed by atoms with E-state index in [1.54, 1.807) is 30.3 Å². The normalized spacial score (nSPS) is 11.9. The smallest absolute Gasteiger partial charge is 0.350 e. The van der Waals surface area contributed by atoms with Gasteiger partial charge in [-0.15, -0.1) is 3.97 Å². The molecular formula is C23H16N2O4S. The van der Waals surface area contributed by atoms with E-state index in [0.717, 1.165) is 32.3 Å². The van der Waals surface area contributed by atoms with Crippen molar-refractivity contribution in [2.45, 2.75) is 4.90 Å². The average Bonchev–Trinajstić information content (AvgIpc) is 3.07. The minimum atomic E-state index is -4.30. The van der Waals surface area contributed by atoms with E-state index in [-0.39, 0.29) is 4.90 Å². The zero-order chi connectivity index (χ0) is 20.9. The Labute approximate surface area is 171 Å². The van der Waals surface area contributed by atoms with Crippen molar-refractivity contribution in [3.63, 3.8) is 0 Å². The molecule has 0 atom stereocenters. The molecule has 0 aliphatic heterocycles. The Kier molecular flexibility index (Phi) is 4.01. The molecule has 30 heavy (non-hydrogen) atoms. The zero-order valence-electron chi connectivity index (χ0n) is 15.6. The van der Waals surface area contributed by atoms with Crippen molar-refractivity contribution in [3.8, 4) is 11.6 Å². The van der Waals surface area contributed by atoms with Crippen LogP contribution in [0.4, 0.5) is 0 Å². The van der Waals surface area contributed by atoms with E-state index in [9.17, 15) is 18.3 Å². The van der Waals surface area contributed by atoms with Gasteiger partial charge in [0.25, 0.3) is 10.0 Å². The molecule has 6 nitrogen and oxygen atoms in total. The highest BCUT2D eigenvalue weighted by Gasteiger charge is 2.26. The van der Waals surface area contributed by atoms with E-state index < -0.39 is 21.6 Å². The van der Waals surface area contributed by atoms with E-state index in [0.29, 0.717) is 9.66 Å². The molecule has 1 heterocycles. The number of aromatic nitrogens is 2. The number of benzene rings is 4. The van der Waals surface area contributed by atoms with E-state index >= 15 is 0 Å². The van der Waals surface area contributed by atoms with Gasteiger partial charge in [-0.1, -0.05) is 66.7 Å². The Morgan fingerprint density at radius 2 is 1.40 bits per heavy atom. The molecule has 1 aromatic heterocycles. The van der Waals surface area contributed by atoms with Crippen LogP contribution in [0.15, 0.2) is 101 Å². The molecule has 0 saturated heterocycles. The Morgan fingerprint density at radius 1 is 0.733 bits per heavy atom. The van der Waals surface area contributed by atoms with Gasteiger partial charge in [0, 0.05) is 5.39 Å². The highest BCUT2D eigenvalue weighted by Crippen LogP contribution is 2.26. The summed E-state index contributed by atoms with van der Waals surface area (Å²) >= 11 is 0. The molecule has 0 saturated carbocycles. The summed E-state index contributed by atoms with van der Waals surface area (Å²) in [5.41, 5.74) is -0.377. The summed E-state index contributed by atoms with van der Waals surface area (Å²) in [5.74, 6) is -0.652. The fraction of sp³-hybridized carbons (Fsp3) is 0. The van der Waals surface area contributed by atoms with Crippen molar-refractivity contribution in [2.24, 2.45) is 0 Å². The highest BCUT2D eigenvalue weighted by atomic mass is 32.2. The number of fused-ring (bicyclic) bond motifs is 2. The van der Waals surface area contributed by atoms with Gasteiger partial charge in [0.15, 0.2) is 0 Å². The molecule has 0 amide bonds. The summed E-state index contributed by atoms with van der Waals surface area (Å²) in [6.07, 6.45) is 1.13. The molecule has 0 aliphatic carbocycles. The second kappa shape index (κ2) is 6.60. The lowest BCUT2D eigenvalue weighted by Gasteiger charge is -2.08. The SMILES string of the molecule is O=c1n(-c2cccc3ccccc23)cc(O)n1S(=O)(=O)c1ccc2ccccc2c1. The van der Waals surface area contributed by atoms with Crippen LogP contribution in [0.5, 0.6) is 5.88 Å². The van der Waals surface area contributed by atoms with Crippen molar-refractivity contribution >= 4 is 31.6 Å². The van der Waals surface area contributed by atoms with Gasteiger partial charge in [-0.2, -0.15) is 0 Å². The first-order valence-corrected chi connectivity index (χ1v) is 10.7. The lowest BCUT2D eigenvalue weighted by atomic mass is 10.1. The maximum absolute atomic E-state index is 13.2. The van der Waals surface area contributed by atoms with Crippen LogP contribution < -0.4 is 5.69 Å². The minimum Gasteiger partial charge on any atom is -0.493 e. The second-order valence-electron chi connectivity index (χ2n) is 6.92. The van der Waals surface area contributed by atoms with Gasteiger partial charge in [-0.05, 0) is 34.4 Å². The average molecular weight is 416 g/mol. The molecule has 0 radical (unpaired) electrons. The second-order valence-corrected chi connectivity index (χ2v) is 8.70. The minimum absolute atomic E-state index is 0.0748. The van der Waals surface area contributed by atoms with Gasteiger partial charge in [0.2, 0.25) is 5.88 Å². The van der Waals surface area contributed by atoms with Crippen LogP contribution in [0.3, 0.4) is 0 Å². The molecule has 0 fully saturated rings. The maximum Gasteiger partial charge on any atom is 0.350 e. The van der Waals surface area contributed by atoms with Crippen molar-refractivity contribution in [1.29, 1.82) is 0 Å². The van der Waals surface area contributed by atoms with Crippen LogP contribution in [-0.2, 0) is 10.0 Å². The molecule has 0 unspecified atom stereocenters. The number of imidazole rings is 1. The topological polar surface area (TPSA) is 81.3 Å². The Bertz CT molecular complexity index is 1590. The molecule has 4 aromatic carbocycles. The summed E-state index contributed by atoms with van der Waals surface area (Å²) in [7, 11) is -4.30. The third-order valence-electron chi connectivity index (χ3n) is 5.12. The fourth-order valence-electron chi connectivity index (χ4n) is 3.67. The number of rotatable bonds is 3. The Hall–Kier alpha value is -3.84. The first kappa shape index (κ1) is 18.2. The van der Waals surface area contributed by atoms with E-state index in [1.807, 2.05) is 42.5 Å². The van der Waals surface area contributed by atoms with Gasteiger partial charge >= 0.3 is 5.69 Å². The molecule has 0 bridgehead atoms. The van der Waals surface area contributed by atoms with E-state index in [1.165, 1.54) is 12.1 Å². The van der Waals surface area contributed by atoms with Crippen LogP contribution in [-0.4, -0.2) is 22.1 Å². The van der Waals surface area contributed by atoms with Crippen molar-refractivity contribution in [1.82, 2.24) is 8.54 Å².